The van der Waals surface area contributed by atoms with E-state index in [4.69, 9.17) is 0 Å². The van der Waals surface area contributed by atoms with Crippen LogP contribution >= 0.6 is 11.3 Å². The van der Waals surface area contributed by atoms with Gasteiger partial charge in [0, 0.05) is 11.3 Å². The first kappa shape index (κ1) is 16.0. The zero-order valence-electron chi connectivity index (χ0n) is 14.2. The Bertz CT molecular complexity index is 943. The van der Waals surface area contributed by atoms with Crippen molar-refractivity contribution in [3.63, 3.8) is 0 Å². The predicted molar refractivity (Wildman–Crippen MR) is 97.6 cm³/mol. The van der Waals surface area contributed by atoms with Gasteiger partial charge in [0.1, 0.15) is 5.01 Å². The summed E-state index contributed by atoms with van der Waals surface area (Å²) in [4.78, 5) is 12.8. The lowest BCUT2D eigenvalue weighted by molar-refractivity contribution is 0.102. The van der Waals surface area contributed by atoms with E-state index in [2.05, 4.69) is 33.6 Å². The third kappa shape index (κ3) is 2.84. The monoisotopic (exact) mass is 353 g/mol. The normalized spacial score (nSPS) is 13.0. The Morgan fingerprint density at radius 2 is 2.12 bits per heavy atom. The van der Waals surface area contributed by atoms with Gasteiger partial charge in [-0.3, -0.25) is 10.1 Å². The van der Waals surface area contributed by atoms with E-state index in [1.54, 1.807) is 0 Å². The number of benzene rings is 1. The lowest BCUT2D eigenvalue weighted by Gasteiger charge is -2.08. The molecular formula is C18H19N5OS. The topological polar surface area (TPSA) is 72.7 Å². The standard InChI is InChI=1S/C18H19N5OS/c1-3-15-20-21-18(25-15)19-17(24)16-12-8-6-10-14(12)23(22-16)13-9-5-4-7-11(13)2/h4-5,7,9H,3,6,8,10H2,1-2H3,(H,19,21,24). The number of fused-ring (bicyclic) bond motifs is 1. The molecule has 0 atom stereocenters. The summed E-state index contributed by atoms with van der Waals surface area (Å²) in [6, 6.07) is 8.11. The van der Waals surface area contributed by atoms with Crippen LogP contribution in [-0.4, -0.2) is 25.9 Å². The van der Waals surface area contributed by atoms with Crippen LogP contribution in [0, 0.1) is 6.92 Å². The van der Waals surface area contributed by atoms with Crippen molar-refractivity contribution < 1.29 is 4.79 Å². The smallest absolute Gasteiger partial charge is 0.278 e. The maximum Gasteiger partial charge on any atom is 0.278 e. The first-order valence-electron chi connectivity index (χ1n) is 8.48. The Balaban J connectivity index is 1.70. The fourth-order valence-electron chi connectivity index (χ4n) is 3.22. The minimum absolute atomic E-state index is 0.204. The minimum atomic E-state index is -0.204. The van der Waals surface area contributed by atoms with Gasteiger partial charge in [0.05, 0.1) is 5.69 Å². The SMILES string of the molecule is CCc1nnc(NC(=O)c2nn(-c3ccccc3C)c3c2CCC3)s1. The van der Waals surface area contributed by atoms with Gasteiger partial charge in [-0.15, -0.1) is 10.2 Å². The van der Waals surface area contributed by atoms with Gasteiger partial charge >= 0.3 is 0 Å². The number of hydrogen-bond acceptors (Lipinski definition) is 5. The Kier molecular flexibility index (Phi) is 4.09. The third-order valence-corrected chi connectivity index (χ3v) is 5.46. The number of nitrogens with zero attached hydrogens (tertiary/aromatic N) is 4. The number of nitrogens with one attached hydrogen (secondary N) is 1. The number of rotatable bonds is 4. The molecule has 128 valence electrons. The van der Waals surface area contributed by atoms with Crippen LogP contribution in [-0.2, 0) is 19.3 Å². The van der Waals surface area contributed by atoms with Crippen molar-refractivity contribution in [2.24, 2.45) is 0 Å². The summed E-state index contributed by atoms with van der Waals surface area (Å²) in [5.74, 6) is -0.204. The summed E-state index contributed by atoms with van der Waals surface area (Å²) < 4.78 is 1.93. The van der Waals surface area contributed by atoms with E-state index in [0.29, 0.717) is 10.8 Å². The van der Waals surface area contributed by atoms with Gasteiger partial charge in [-0.25, -0.2) is 4.68 Å². The van der Waals surface area contributed by atoms with Crippen molar-refractivity contribution in [3.8, 4) is 5.69 Å². The molecule has 0 fully saturated rings. The molecule has 2 heterocycles. The fraction of sp³-hybridized carbons (Fsp3) is 0.333. The third-order valence-electron chi connectivity index (χ3n) is 4.48. The lowest BCUT2D eigenvalue weighted by Crippen LogP contribution is -2.15. The van der Waals surface area contributed by atoms with Crippen LogP contribution in [0.25, 0.3) is 5.69 Å². The molecule has 1 aliphatic rings. The molecule has 0 bridgehead atoms. The second kappa shape index (κ2) is 6.40. The van der Waals surface area contributed by atoms with Gasteiger partial charge in [0.25, 0.3) is 5.91 Å². The molecule has 3 aromatic rings. The average molecular weight is 353 g/mol. The first-order chi connectivity index (χ1) is 12.2. The molecule has 0 saturated heterocycles. The Morgan fingerprint density at radius 1 is 1.28 bits per heavy atom. The van der Waals surface area contributed by atoms with Crippen molar-refractivity contribution in [3.05, 3.63) is 51.8 Å². The molecule has 0 radical (unpaired) electrons. The predicted octanol–water partition coefficient (Wildman–Crippen LogP) is 3.34. The minimum Gasteiger partial charge on any atom is -0.295 e. The molecule has 4 rings (SSSR count). The zero-order chi connectivity index (χ0) is 17.4. The number of hydrogen-bond donors (Lipinski definition) is 1. The molecule has 2 aromatic heterocycles. The highest BCUT2D eigenvalue weighted by atomic mass is 32.1. The van der Waals surface area contributed by atoms with Crippen molar-refractivity contribution >= 4 is 22.4 Å². The van der Waals surface area contributed by atoms with E-state index >= 15 is 0 Å². The van der Waals surface area contributed by atoms with Crippen LogP contribution in [0.15, 0.2) is 24.3 Å². The molecule has 1 aromatic carbocycles. The number of anilines is 1. The first-order valence-corrected chi connectivity index (χ1v) is 9.29. The second-order valence-electron chi connectivity index (χ2n) is 6.13. The lowest BCUT2D eigenvalue weighted by atomic mass is 10.2. The highest BCUT2D eigenvalue weighted by Crippen LogP contribution is 2.29. The molecule has 7 heteroatoms. The summed E-state index contributed by atoms with van der Waals surface area (Å²) in [7, 11) is 0. The zero-order valence-corrected chi connectivity index (χ0v) is 15.1. The number of para-hydroxylation sites is 1. The average Bonchev–Trinajstić information content (AvgIpc) is 3.31. The van der Waals surface area contributed by atoms with Crippen LogP contribution in [0.1, 0.15) is 45.7 Å². The van der Waals surface area contributed by atoms with E-state index in [0.717, 1.165) is 53.2 Å². The van der Waals surface area contributed by atoms with Crippen molar-refractivity contribution in [2.75, 3.05) is 5.32 Å². The van der Waals surface area contributed by atoms with Crippen molar-refractivity contribution in [1.29, 1.82) is 0 Å². The number of carbonyl (C=O) groups excluding carboxylic acids is 1. The van der Waals surface area contributed by atoms with Crippen molar-refractivity contribution in [1.82, 2.24) is 20.0 Å². The van der Waals surface area contributed by atoms with Crippen LogP contribution < -0.4 is 5.32 Å². The summed E-state index contributed by atoms with van der Waals surface area (Å²) in [5, 5.41) is 17.0. The fourth-order valence-corrected chi connectivity index (χ4v) is 3.90. The maximum atomic E-state index is 12.8. The van der Waals surface area contributed by atoms with E-state index in [1.807, 2.05) is 29.8 Å². The van der Waals surface area contributed by atoms with Crippen LogP contribution in [0.3, 0.4) is 0 Å². The molecule has 0 unspecified atom stereocenters. The number of carbonyl (C=O) groups is 1. The Hall–Kier alpha value is -2.54. The van der Waals surface area contributed by atoms with E-state index in [-0.39, 0.29) is 5.91 Å². The largest absolute Gasteiger partial charge is 0.295 e. The number of aryl methyl sites for hydroxylation is 2. The van der Waals surface area contributed by atoms with Crippen LogP contribution in [0.5, 0.6) is 0 Å². The van der Waals surface area contributed by atoms with Crippen LogP contribution in [0.4, 0.5) is 5.13 Å². The summed E-state index contributed by atoms with van der Waals surface area (Å²) in [6.45, 7) is 4.08. The highest BCUT2D eigenvalue weighted by Gasteiger charge is 2.27. The molecule has 1 N–H and O–H groups in total. The van der Waals surface area contributed by atoms with Crippen LogP contribution in [0.2, 0.25) is 0 Å². The summed E-state index contributed by atoms with van der Waals surface area (Å²) in [6.07, 6.45) is 3.70. The molecule has 1 aliphatic carbocycles. The molecule has 0 spiro atoms. The highest BCUT2D eigenvalue weighted by molar-refractivity contribution is 7.15. The molecule has 25 heavy (non-hydrogen) atoms. The van der Waals surface area contributed by atoms with Gasteiger partial charge in [-0.1, -0.05) is 36.5 Å². The second-order valence-corrected chi connectivity index (χ2v) is 7.20. The van der Waals surface area contributed by atoms with Gasteiger partial charge in [-0.2, -0.15) is 5.10 Å². The van der Waals surface area contributed by atoms with E-state index in [1.165, 1.54) is 11.3 Å². The summed E-state index contributed by atoms with van der Waals surface area (Å²) >= 11 is 1.41. The quantitative estimate of drug-likeness (QED) is 0.781. The van der Waals surface area contributed by atoms with Gasteiger partial charge in [0.15, 0.2) is 5.69 Å². The van der Waals surface area contributed by atoms with Gasteiger partial charge < -0.3 is 0 Å². The molecule has 6 nitrogen and oxygen atoms in total. The van der Waals surface area contributed by atoms with Gasteiger partial charge in [0.2, 0.25) is 5.13 Å². The van der Waals surface area contributed by atoms with Gasteiger partial charge in [-0.05, 0) is 44.2 Å². The summed E-state index contributed by atoms with van der Waals surface area (Å²) in [5.41, 5.74) is 4.88. The molecule has 0 saturated carbocycles. The Labute approximate surface area is 149 Å². The van der Waals surface area contributed by atoms with E-state index in [9.17, 15) is 4.79 Å². The number of aromatic nitrogens is 4. The number of amides is 1. The van der Waals surface area contributed by atoms with E-state index < -0.39 is 0 Å². The van der Waals surface area contributed by atoms with Crippen molar-refractivity contribution in [2.45, 2.75) is 39.5 Å². The molecule has 1 amide bonds. The molecular weight excluding hydrogens is 334 g/mol. The molecule has 0 aliphatic heterocycles. The maximum absolute atomic E-state index is 12.8. The Morgan fingerprint density at radius 3 is 2.88 bits per heavy atom.